The Morgan fingerprint density at radius 3 is 2.55 bits per heavy atom. The normalized spacial score (nSPS) is 11.2. The molecular formula is C11H9F3N4O2. The van der Waals surface area contributed by atoms with Crippen LogP contribution in [0.4, 0.5) is 19.1 Å². The van der Waals surface area contributed by atoms with Crippen molar-refractivity contribution in [3.8, 4) is 23.1 Å². The number of anilines is 1. The minimum atomic E-state index is -4.77. The van der Waals surface area contributed by atoms with Crippen LogP contribution in [0.25, 0.3) is 11.4 Å². The van der Waals surface area contributed by atoms with E-state index in [-0.39, 0.29) is 23.5 Å². The van der Waals surface area contributed by atoms with E-state index >= 15 is 0 Å². The van der Waals surface area contributed by atoms with Gasteiger partial charge in [-0.25, -0.2) is 0 Å². The highest BCUT2D eigenvalue weighted by atomic mass is 19.4. The molecule has 0 radical (unpaired) electrons. The first-order valence-electron chi connectivity index (χ1n) is 5.29. The Bertz CT molecular complexity index is 619. The number of aromatic nitrogens is 3. The van der Waals surface area contributed by atoms with Gasteiger partial charge in [0.25, 0.3) is 0 Å². The van der Waals surface area contributed by atoms with E-state index in [4.69, 9.17) is 10.5 Å². The van der Waals surface area contributed by atoms with Crippen molar-refractivity contribution < 1.29 is 22.6 Å². The molecule has 6 nitrogen and oxygen atoms in total. The van der Waals surface area contributed by atoms with Crippen molar-refractivity contribution in [2.45, 2.75) is 6.36 Å². The van der Waals surface area contributed by atoms with E-state index in [2.05, 4.69) is 19.7 Å². The number of ether oxygens (including phenoxy) is 2. The zero-order chi connectivity index (χ0) is 14.8. The van der Waals surface area contributed by atoms with Crippen molar-refractivity contribution >= 4 is 5.95 Å². The number of methoxy groups -OCH3 is 1. The second-order valence-electron chi connectivity index (χ2n) is 3.58. The maximum absolute atomic E-state index is 12.2. The molecule has 1 aromatic carbocycles. The zero-order valence-corrected chi connectivity index (χ0v) is 10.2. The van der Waals surface area contributed by atoms with Crippen LogP contribution in [0.2, 0.25) is 0 Å². The van der Waals surface area contributed by atoms with Gasteiger partial charge < -0.3 is 15.2 Å². The van der Waals surface area contributed by atoms with Crippen LogP contribution >= 0.6 is 0 Å². The largest absolute Gasteiger partial charge is 0.573 e. The van der Waals surface area contributed by atoms with Gasteiger partial charge in [-0.05, 0) is 12.1 Å². The van der Waals surface area contributed by atoms with E-state index in [0.717, 1.165) is 6.07 Å². The topological polar surface area (TPSA) is 83.2 Å². The SMILES string of the molecule is COc1nc(N)nc(-c2cccc(OC(F)(F)F)c2)n1. The number of benzene rings is 1. The Balaban J connectivity index is 2.38. The molecule has 0 aliphatic heterocycles. The summed E-state index contributed by atoms with van der Waals surface area (Å²) in [6.07, 6.45) is -4.77. The summed E-state index contributed by atoms with van der Waals surface area (Å²) in [5, 5.41) is 0. The van der Waals surface area contributed by atoms with E-state index in [1.54, 1.807) is 0 Å². The van der Waals surface area contributed by atoms with Crippen molar-refractivity contribution in [3.05, 3.63) is 24.3 Å². The average Bonchev–Trinajstić information content (AvgIpc) is 2.36. The first kappa shape index (κ1) is 13.8. The Morgan fingerprint density at radius 2 is 1.90 bits per heavy atom. The number of rotatable bonds is 3. The molecule has 0 spiro atoms. The van der Waals surface area contributed by atoms with E-state index in [0.29, 0.717) is 5.56 Å². The van der Waals surface area contributed by atoms with Gasteiger partial charge in [0.1, 0.15) is 5.75 Å². The fraction of sp³-hybridized carbons (Fsp3) is 0.182. The maximum atomic E-state index is 12.2. The quantitative estimate of drug-likeness (QED) is 0.929. The number of halogens is 3. The minimum absolute atomic E-state index is 0.0327. The predicted octanol–water partition coefficient (Wildman–Crippen LogP) is 2.03. The molecule has 20 heavy (non-hydrogen) atoms. The van der Waals surface area contributed by atoms with Crippen LogP contribution in [-0.2, 0) is 0 Å². The molecule has 1 aromatic heterocycles. The highest BCUT2D eigenvalue weighted by molar-refractivity contribution is 5.58. The van der Waals surface area contributed by atoms with Gasteiger partial charge in [0.2, 0.25) is 5.95 Å². The van der Waals surface area contributed by atoms with Crippen LogP contribution in [0.3, 0.4) is 0 Å². The lowest BCUT2D eigenvalue weighted by Gasteiger charge is -2.10. The summed E-state index contributed by atoms with van der Waals surface area (Å²) in [5.41, 5.74) is 5.75. The molecule has 0 fully saturated rings. The van der Waals surface area contributed by atoms with E-state index < -0.39 is 6.36 Å². The number of nitrogen functional groups attached to an aromatic ring is 1. The summed E-state index contributed by atoms with van der Waals surface area (Å²) >= 11 is 0. The van der Waals surface area contributed by atoms with Crippen molar-refractivity contribution in [2.75, 3.05) is 12.8 Å². The number of alkyl halides is 3. The highest BCUT2D eigenvalue weighted by Gasteiger charge is 2.31. The second-order valence-corrected chi connectivity index (χ2v) is 3.58. The predicted molar refractivity (Wildman–Crippen MR) is 62.9 cm³/mol. The van der Waals surface area contributed by atoms with E-state index in [1.807, 2.05) is 0 Å². The molecule has 9 heteroatoms. The fourth-order valence-electron chi connectivity index (χ4n) is 1.42. The molecule has 2 rings (SSSR count). The third-order valence-corrected chi connectivity index (χ3v) is 2.14. The number of hydrogen-bond acceptors (Lipinski definition) is 6. The summed E-state index contributed by atoms with van der Waals surface area (Å²) in [6.45, 7) is 0. The first-order chi connectivity index (χ1) is 9.37. The molecule has 2 N–H and O–H groups in total. The van der Waals surface area contributed by atoms with Crippen LogP contribution in [-0.4, -0.2) is 28.4 Å². The molecule has 0 saturated carbocycles. The van der Waals surface area contributed by atoms with Crippen molar-refractivity contribution in [2.24, 2.45) is 0 Å². The lowest BCUT2D eigenvalue weighted by atomic mass is 10.2. The summed E-state index contributed by atoms with van der Waals surface area (Å²) in [5.74, 6) is -0.399. The monoisotopic (exact) mass is 286 g/mol. The molecule has 0 saturated heterocycles. The van der Waals surface area contributed by atoms with Crippen molar-refractivity contribution in [1.82, 2.24) is 15.0 Å². The molecule has 0 atom stereocenters. The summed E-state index contributed by atoms with van der Waals surface area (Å²) in [6, 6.07) is 5.16. The standard InChI is InChI=1S/C11H9F3N4O2/c1-19-10-17-8(16-9(15)18-10)6-3-2-4-7(5-6)20-11(12,13)14/h2-5H,1H3,(H2,15,16,17,18). The summed E-state index contributed by atoms with van der Waals surface area (Å²) in [4.78, 5) is 11.4. The van der Waals surface area contributed by atoms with Gasteiger partial charge in [-0.3, -0.25) is 0 Å². The Labute approximate surface area is 111 Å². The van der Waals surface area contributed by atoms with Gasteiger partial charge in [-0.1, -0.05) is 12.1 Å². The third kappa shape index (κ3) is 3.46. The van der Waals surface area contributed by atoms with Gasteiger partial charge in [0, 0.05) is 5.56 Å². The molecule has 0 amide bonds. The van der Waals surface area contributed by atoms with Crippen molar-refractivity contribution in [3.63, 3.8) is 0 Å². The lowest BCUT2D eigenvalue weighted by molar-refractivity contribution is -0.274. The summed E-state index contributed by atoms with van der Waals surface area (Å²) in [7, 11) is 1.34. The number of hydrogen-bond donors (Lipinski definition) is 1. The highest BCUT2D eigenvalue weighted by Crippen LogP contribution is 2.27. The van der Waals surface area contributed by atoms with Crippen LogP contribution in [0.15, 0.2) is 24.3 Å². The minimum Gasteiger partial charge on any atom is -0.467 e. The molecule has 0 aliphatic rings. The molecule has 2 aromatic rings. The molecule has 0 unspecified atom stereocenters. The number of nitrogens with two attached hydrogens (primary N) is 1. The smallest absolute Gasteiger partial charge is 0.467 e. The third-order valence-electron chi connectivity index (χ3n) is 2.14. The van der Waals surface area contributed by atoms with Gasteiger partial charge in [-0.15, -0.1) is 13.2 Å². The first-order valence-corrected chi connectivity index (χ1v) is 5.29. The van der Waals surface area contributed by atoms with Crippen molar-refractivity contribution in [1.29, 1.82) is 0 Å². The molecule has 106 valence electrons. The Kier molecular flexibility index (Phi) is 3.59. The van der Waals surface area contributed by atoms with Crippen LogP contribution in [0, 0.1) is 0 Å². The second kappa shape index (κ2) is 5.19. The Morgan fingerprint density at radius 1 is 1.15 bits per heavy atom. The van der Waals surface area contributed by atoms with Crippen LogP contribution in [0.1, 0.15) is 0 Å². The van der Waals surface area contributed by atoms with Crippen LogP contribution in [0.5, 0.6) is 11.8 Å². The molecule has 1 heterocycles. The van der Waals surface area contributed by atoms with Gasteiger partial charge in [-0.2, -0.15) is 15.0 Å². The van der Waals surface area contributed by atoms with Gasteiger partial charge in [0.05, 0.1) is 7.11 Å². The summed E-state index contributed by atoms with van der Waals surface area (Å²) < 4.78 is 45.1. The molecular weight excluding hydrogens is 277 g/mol. The average molecular weight is 286 g/mol. The fourth-order valence-corrected chi connectivity index (χ4v) is 1.42. The molecule has 0 bridgehead atoms. The van der Waals surface area contributed by atoms with Crippen LogP contribution < -0.4 is 15.2 Å². The zero-order valence-electron chi connectivity index (χ0n) is 10.2. The Hall–Kier alpha value is -2.58. The maximum Gasteiger partial charge on any atom is 0.573 e. The van der Waals surface area contributed by atoms with E-state index in [1.165, 1.54) is 25.3 Å². The molecule has 0 aliphatic carbocycles. The van der Waals surface area contributed by atoms with E-state index in [9.17, 15) is 13.2 Å². The van der Waals surface area contributed by atoms with Gasteiger partial charge >= 0.3 is 12.4 Å². The lowest BCUT2D eigenvalue weighted by Crippen LogP contribution is -2.17. The van der Waals surface area contributed by atoms with Gasteiger partial charge in [0.15, 0.2) is 5.82 Å². The number of nitrogens with zero attached hydrogens (tertiary/aromatic N) is 3.